The van der Waals surface area contributed by atoms with Crippen LogP contribution in [0.5, 0.6) is 0 Å². The van der Waals surface area contributed by atoms with Crippen LogP contribution >= 0.6 is 11.3 Å². The van der Waals surface area contributed by atoms with Crippen LogP contribution in [0.25, 0.3) is 0 Å². The number of aryl methyl sites for hydroxylation is 3. The van der Waals surface area contributed by atoms with E-state index < -0.39 is 0 Å². The molecule has 0 spiro atoms. The Morgan fingerprint density at radius 3 is 2.47 bits per heavy atom. The van der Waals surface area contributed by atoms with Gasteiger partial charge in [-0.2, -0.15) is 5.26 Å². The smallest absolute Gasteiger partial charge is 0.0994 e. The third-order valence-corrected chi connectivity index (χ3v) is 4.26. The number of benzene rings is 1. The summed E-state index contributed by atoms with van der Waals surface area (Å²) in [5.41, 5.74) is 4.16. The molecule has 1 unspecified atom stereocenters. The fraction of sp³-hybridized carbons (Fsp3) is 0.312. The van der Waals surface area contributed by atoms with Crippen molar-refractivity contribution in [3.05, 3.63) is 50.7 Å². The standard InChI is InChI=1S/C16H18N2S/c1-10-7-15(6-5-14(10)9-17)18-12(3)16-8-11(2)19-13(16)4/h5-8,12,18H,1-4H3. The van der Waals surface area contributed by atoms with Crippen molar-refractivity contribution in [1.29, 1.82) is 5.26 Å². The van der Waals surface area contributed by atoms with Crippen molar-refractivity contribution < 1.29 is 0 Å². The summed E-state index contributed by atoms with van der Waals surface area (Å²) in [6.07, 6.45) is 0. The maximum absolute atomic E-state index is 8.94. The molecule has 1 atom stereocenters. The maximum Gasteiger partial charge on any atom is 0.0994 e. The van der Waals surface area contributed by atoms with E-state index in [2.05, 4.69) is 38.2 Å². The summed E-state index contributed by atoms with van der Waals surface area (Å²) in [4.78, 5) is 2.71. The lowest BCUT2D eigenvalue weighted by Crippen LogP contribution is -2.07. The zero-order valence-corrected chi connectivity index (χ0v) is 12.6. The van der Waals surface area contributed by atoms with E-state index in [9.17, 15) is 0 Å². The van der Waals surface area contributed by atoms with Crippen LogP contribution in [-0.4, -0.2) is 0 Å². The van der Waals surface area contributed by atoms with Gasteiger partial charge in [0, 0.05) is 21.5 Å². The summed E-state index contributed by atoms with van der Waals surface area (Å²) in [6.45, 7) is 8.44. The Hall–Kier alpha value is -1.79. The molecular weight excluding hydrogens is 252 g/mol. The van der Waals surface area contributed by atoms with Gasteiger partial charge in [0.25, 0.3) is 0 Å². The Kier molecular flexibility index (Phi) is 3.92. The molecule has 19 heavy (non-hydrogen) atoms. The summed E-state index contributed by atoms with van der Waals surface area (Å²) in [5, 5.41) is 12.4. The summed E-state index contributed by atoms with van der Waals surface area (Å²) < 4.78 is 0. The number of rotatable bonds is 3. The topological polar surface area (TPSA) is 35.8 Å². The third-order valence-electron chi connectivity index (χ3n) is 3.28. The molecule has 0 radical (unpaired) electrons. The molecule has 0 fully saturated rings. The highest BCUT2D eigenvalue weighted by molar-refractivity contribution is 7.12. The Labute approximate surface area is 118 Å². The molecule has 0 amide bonds. The quantitative estimate of drug-likeness (QED) is 0.876. The minimum atomic E-state index is 0.275. The zero-order chi connectivity index (χ0) is 14.0. The highest BCUT2D eigenvalue weighted by atomic mass is 32.1. The fourth-order valence-electron chi connectivity index (χ4n) is 2.29. The number of nitrogens with zero attached hydrogens (tertiary/aromatic N) is 1. The first-order valence-corrected chi connectivity index (χ1v) is 7.17. The summed E-state index contributed by atoms with van der Waals surface area (Å²) in [7, 11) is 0. The highest BCUT2D eigenvalue weighted by Crippen LogP contribution is 2.29. The SMILES string of the molecule is Cc1cc(C(C)Nc2ccc(C#N)c(C)c2)c(C)s1. The second-order valence-corrected chi connectivity index (χ2v) is 6.34. The van der Waals surface area contributed by atoms with Crippen molar-refractivity contribution in [1.82, 2.24) is 0 Å². The van der Waals surface area contributed by atoms with E-state index in [4.69, 9.17) is 5.26 Å². The van der Waals surface area contributed by atoms with Crippen molar-refractivity contribution in [3.8, 4) is 6.07 Å². The number of anilines is 1. The minimum Gasteiger partial charge on any atom is -0.378 e. The Morgan fingerprint density at radius 1 is 1.21 bits per heavy atom. The maximum atomic E-state index is 8.94. The number of hydrogen-bond donors (Lipinski definition) is 1. The molecule has 3 heteroatoms. The van der Waals surface area contributed by atoms with Crippen molar-refractivity contribution in [2.75, 3.05) is 5.32 Å². The van der Waals surface area contributed by atoms with Gasteiger partial charge in [0.15, 0.2) is 0 Å². The predicted octanol–water partition coefficient (Wildman–Crippen LogP) is 4.72. The first kappa shape index (κ1) is 13.6. The van der Waals surface area contributed by atoms with E-state index in [1.165, 1.54) is 15.3 Å². The van der Waals surface area contributed by atoms with Crippen molar-refractivity contribution in [2.45, 2.75) is 33.7 Å². The summed E-state index contributed by atoms with van der Waals surface area (Å²) >= 11 is 1.83. The molecule has 1 heterocycles. The van der Waals surface area contributed by atoms with Gasteiger partial charge in [-0.25, -0.2) is 0 Å². The zero-order valence-electron chi connectivity index (χ0n) is 11.7. The second kappa shape index (κ2) is 5.46. The molecule has 1 aromatic carbocycles. The first-order chi connectivity index (χ1) is 9.01. The van der Waals surface area contributed by atoms with Gasteiger partial charge in [-0.15, -0.1) is 11.3 Å². The Balaban J connectivity index is 2.20. The van der Waals surface area contributed by atoms with Gasteiger partial charge < -0.3 is 5.32 Å². The Bertz CT molecular complexity index is 635. The van der Waals surface area contributed by atoms with Crippen LogP contribution in [0.2, 0.25) is 0 Å². The van der Waals surface area contributed by atoms with Gasteiger partial charge in [-0.1, -0.05) is 0 Å². The highest BCUT2D eigenvalue weighted by Gasteiger charge is 2.11. The predicted molar refractivity (Wildman–Crippen MR) is 81.7 cm³/mol. The average molecular weight is 270 g/mol. The lowest BCUT2D eigenvalue weighted by atomic mass is 10.1. The number of nitriles is 1. The monoisotopic (exact) mass is 270 g/mol. The normalized spacial score (nSPS) is 11.9. The van der Waals surface area contributed by atoms with E-state index in [0.717, 1.165) is 16.8 Å². The van der Waals surface area contributed by atoms with Gasteiger partial charge in [0.05, 0.1) is 11.6 Å². The van der Waals surface area contributed by atoms with E-state index >= 15 is 0 Å². The number of thiophene rings is 1. The molecule has 0 aliphatic rings. The number of nitrogens with one attached hydrogen (secondary N) is 1. The molecular formula is C16H18N2S. The van der Waals surface area contributed by atoms with Crippen LogP contribution in [0, 0.1) is 32.1 Å². The third kappa shape index (κ3) is 2.97. The average Bonchev–Trinajstić information content (AvgIpc) is 2.69. The lowest BCUT2D eigenvalue weighted by molar-refractivity contribution is 0.881. The van der Waals surface area contributed by atoms with Crippen LogP contribution in [0.3, 0.4) is 0 Å². The largest absolute Gasteiger partial charge is 0.378 e. The van der Waals surface area contributed by atoms with E-state index in [1.807, 2.05) is 36.5 Å². The van der Waals surface area contributed by atoms with Gasteiger partial charge in [-0.05, 0) is 63.1 Å². The summed E-state index contributed by atoms with van der Waals surface area (Å²) in [5.74, 6) is 0. The van der Waals surface area contributed by atoms with Crippen LogP contribution in [0.1, 0.15) is 39.4 Å². The van der Waals surface area contributed by atoms with Gasteiger partial charge in [-0.3, -0.25) is 0 Å². The van der Waals surface area contributed by atoms with Gasteiger partial charge in [0.1, 0.15) is 0 Å². The van der Waals surface area contributed by atoms with E-state index in [0.29, 0.717) is 0 Å². The number of hydrogen-bond acceptors (Lipinski definition) is 3. The molecule has 2 nitrogen and oxygen atoms in total. The van der Waals surface area contributed by atoms with Gasteiger partial charge in [0.2, 0.25) is 0 Å². The molecule has 2 rings (SSSR count). The summed E-state index contributed by atoms with van der Waals surface area (Å²) in [6, 6.07) is 10.6. The molecule has 98 valence electrons. The van der Waals surface area contributed by atoms with Crippen LogP contribution < -0.4 is 5.32 Å². The van der Waals surface area contributed by atoms with Crippen molar-refractivity contribution >= 4 is 17.0 Å². The van der Waals surface area contributed by atoms with Crippen molar-refractivity contribution in [2.24, 2.45) is 0 Å². The molecule has 1 N–H and O–H groups in total. The van der Waals surface area contributed by atoms with Crippen LogP contribution in [-0.2, 0) is 0 Å². The molecule has 0 saturated carbocycles. The molecule has 0 aliphatic heterocycles. The minimum absolute atomic E-state index is 0.275. The van der Waals surface area contributed by atoms with E-state index in [1.54, 1.807) is 0 Å². The molecule has 0 bridgehead atoms. The van der Waals surface area contributed by atoms with Crippen LogP contribution in [0.15, 0.2) is 24.3 Å². The lowest BCUT2D eigenvalue weighted by Gasteiger charge is -2.16. The van der Waals surface area contributed by atoms with Crippen molar-refractivity contribution in [3.63, 3.8) is 0 Å². The van der Waals surface area contributed by atoms with E-state index in [-0.39, 0.29) is 6.04 Å². The molecule has 0 aliphatic carbocycles. The Morgan fingerprint density at radius 2 is 1.95 bits per heavy atom. The first-order valence-electron chi connectivity index (χ1n) is 6.35. The second-order valence-electron chi connectivity index (χ2n) is 4.88. The fourth-order valence-corrected chi connectivity index (χ4v) is 3.31. The molecule has 0 saturated heterocycles. The van der Waals surface area contributed by atoms with Crippen LogP contribution in [0.4, 0.5) is 5.69 Å². The van der Waals surface area contributed by atoms with Gasteiger partial charge >= 0.3 is 0 Å². The molecule has 2 aromatic rings. The molecule has 1 aromatic heterocycles.